The summed E-state index contributed by atoms with van der Waals surface area (Å²) in [6.45, 7) is 0. The Kier molecular flexibility index (Phi) is 3.78. The zero-order valence-electron chi connectivity index (χ0n) is 13.2. The van der Waals surface area contributed by atoms with Crippen molar-refractivity contribution in [2.24, 2.45) is 0 Å². The van der Waals surface area contributed by atoms with Crippen LogP contribution < -0.4 is 10.6 Å². The number of nitrogens with zero attached hydrogens (tertiary/aromatic N) is 2. The van der Waals surface area contributed by atoms with E-state index in [0.29, 0.717) is 10.7 Å². The quantitative estimate of drug-likeness (QED) is 0.697. The number of hydrogen-bond donors (Lipinski definition) is 2. The van der Waals surface area contributed by atoms with Gasteiger partial charge >= 0.3 is 0 Å². The largest absolute Gasteiger partial charge is 0.322 e. The van der Waals surface area contributed by atoms with Crippen molar-refractivity contribution in [1.29, 1.82) is 0 Å². The molecule has 0 aliphatic carbocycles. The second-order valence-electron chi connectivity index (χ2n) is 5.63. The van der Waals surface area contributed by atoms with Gasteiger partial charge in [0, 0.05) is 23.6 Å². The van der Waals surface area contributed by atoms with E-state index in [-0.39, 0.29) is 16.7 Å². The molecule has 7 nitrogen and oxygen atoms in total. The molecule has 0 radical (unpaired) electrons. The number of imidazole rings is 1. The predicted octanol–water partition coefficient (Wildman–Crippen LogP) is 2.66. The minimum Gasteiger partial charge on any atom is -0.322 e. The molecule has 128 valence electrons. The fraction of sp³-hybridized carbons (Fsp3) is 0. The summed E-state index contributed by atoms with van der Waals surface area (Å²) in [6.07, 6.45) is 5.02. The molecule has 0 saturated carbocycles. The fourth-order valence-corrected chi connectivity index (χ4v) is 2.99. The second kappa shape index (κ2) is 6.12. The lowest BCUT2D eigenvalue weighted by Gasteiger charge is -2.09. The van der Waals surface area contributed by atoms with Crippen molar-refractivity contribution in [3.05, 3.63) is 76.8 Å². The van der Waals surface area contributed by atoms with Crippen molar-refractivity contribution in [2.75, 3.05) is 5.32 Å². The van der Waals surface area contributed by atoms with Crippen molar-refractivity contribution in [2.45, 2.75) is 0 Å². The zero-order valence-corrected chi connectivity index (χ0v) is 13.9. The van der Waals surface area contributed by atoms with E-state index in [9.17, 15) is 14.4 Å². The smallest absolute Gasteiger partial charge is 0.258 e. The van der Waals surface area contributed by atoms with E-state index >= 15 is 0 Å². The van der Waals surface area contributed by atoms with Crippen LogP contribution in [0.3, 0.4) is 0 Å². The van der Waals surface area contributed by atoms with Gasteiger partial charge in [0.1, 0.15) is 0 Å². The first-order valence-corrected chi connectivity index (χ1v) is 8.00. The molecule has 0 unspecified atom stereocenters. The van der Waals surface area contributed by atoms with E-state index in [0.717, 1.165) is 5.69 Å². The van der Waals surface area contributed by atoms with Gasteiger partial charge in [-0.15, -0.1) is 0 Å². The standard InChI is InChI=1S/C18H11ClN4O3/c19-14-8-11(2-4-15(14)23-6-5-20-9-23)21-16(24)10-1-3-12-13(7-10)18(26)22-17(12)25/h1-9H,(H,21,24)(H,22,25,26). The van der Waals surface area contributed by atoms with E-state index in [2.05, 4.69) is 15.6 Å². The van der Waals surface area contributed by atoms with Crippen molar-refractivity contribution in [3.63, 3.8) is 0 Å². The van der Waals surface area contributed by atoms with Crippen molar-refractivity contribution >= 4 is 35.0 Å². The summed E-state index contributed by atoms with van der Waals surface area (Å²) in [5.41, 5.74) is 1.96. The van der Waals surface area contributed by atoms with Gasteiger partial charge in [0.25, 0.3) is 17.7 Å². The number of halogens is 1. The summed E-state index contributed by atoms with van der Waals surface area (Å²) in [5, 5.41) is 5.36. The highest BCUT2D eigenvalue weighted by molar-refractivity contribution is 6.32. The van der Waals surface area contributed by atoms with Crippen LogP contribution in [0.15, 0.2) is 55.1 Å². The Labute approximate surface area is 152 Å². The molecule has 0 atom stereocenters. The van der Waals surface area contributed by atoms with Crippen molar-refractivity contribution < 1.29 is 14.4 Å². The molecular weight excluding hydrogens is 356 g/mol. The van der Waals surface area contributed by atoms with E-state index in [1.54, 1.807) is 41.5 Å². The van der Waals surface area contributed by atoms with E-state index in [1.807, 2.05) is 0 Å². The van der Waals surface area contributed by atoms with E-state index in [1.165, 1.54) is 18.2 Å². The average Bonchev–Trinajstić information content (AvgIpc) is 3.24. The molecule has 2 aromatic carbocycles. The lowest BCUT2D eigenvalue weighted by molar-refractivity contribution is 0.0879. The fourth-order valence-electron chi connectivity index (χ4n) is 2.71. The first-order valence-electron chi connectivity index (χ1n) is 7.62. The van der Waals surface area contributed by atoms with Gasteiger partial charge in [-0.3, -0.25) is 19.7 Å². The maximum absolute atomic E-state index is 12.4. The van der Waals surface area contributed by atoms with Crippen LogP contribution >= 0.6 is 11.6 Å². The van der Waals surface area contributed by atoms with Crippen molar-refractivity contribution in [3.8, 4) is 5.69 Å². The first-order chi connectivity index (χ1) is 12.5. The number of fused-ring (bicyclic) bond motifs is 1. The molecule has 2 N–H and O–H groups in total. The Bertz CT molecular complexity index is 1060. The van der Waals surface area contributed by atoms with Gasteiger partial charge in [-0.25, -0.2) is 4.98 Å². The number of anilines is 1. The lowest BCUT2D eigenvalue weighted by atomic mass is 10.1. The molecule has 3 amide bonds. The van der Waals surface area contributed by atoms with Gasteiger partial charge in [-0.1, -0.05) is 11.6 Å². The third-order valence-corrected chi connectivity index (χ3v) is 4.29. The summed E-state index contributed by atoms with van der Waals surface area (Å²) in [4.78, 5) is 39.7. The van der Waals surface area contributed by atoms with Gasteiger partial charge in [0.15, 0.2) is 0 Å². The second-order valence-corrected chi connectivity index (χ2v) is 6.04. The molecule has 0 bridgehead atoms. The molecule has 1 aliphatic heterocycles. The van der Waals surface area contributed by atoms with Crippen LogP contribution in [0.2, 0.25) is 5.02 Å². The van der Waals surface area contributed by atoms with Crippen LogP contribution in [-0.2, 0) is 0 Å². The molecule has 8 heteroatoms. The Balaban J connectivity index is 1.57. The summed E-state index contributed by atoms with van der Waals surface area (Å²) < 4.78 is 1.75. The number of rotatable bonds is 3. The third kappa shape index (κ3) is 2.74. The van der Waals surface area contributed by atoms with Crippen LogP contribution in [0.5, 0.6) is 0 Å². The number of carbonyl (C=O) groups excluding carboxylic acids is 3. The summed E-state index contributed by atoms with van der Waals surface area (Å²) in [6, 6.07) is 9.44. The highest BCUT2D eigenvalue weighted by Gasteiger charge is 2.27. The molecule has 1 aliphatic rings. The predicted molar refractivity (Wildman–Crippen MR) is 94.8 cm³/mol. The van der Waals surface area contributed by atoms with E-state index in [4.69, 9.17) is 11.6 Å². The normalized spacial score (nSPS) is 12.7. The Morgan fingerprint density at radius 3 is 2.62 bits per heavy atom. The molecule has 0 saturated heterocycles. The number of hydrogen-bond acceptors (Lipinski definition) is 4. The molecule has 26 heavy (non-hydrogen) atoms. The molecular formula is C18H11ClN4O3. The zero-order chi connectivity index (χ0) is 18.3. The number of benzene rings is 2. The molecule has 0 spiro atoms. The minimum atomic E-state index is -0.507. The number of amides is 3. The van der Waals surface area contributed by atoms with Gasteiger partial charge in [-0.05, 0) is 36.4 Å². The monoisotopic (exact) mass is 366 g/mol. The summed E-state index contributed by atoms with van der Waals surface area (Å²) in [7, 11) is 0. The summed E-state index contributed by atoms with van der Waals surface area (Å²) in [5.74, 6) is -1.38. The molecule has 0 fully saturated rings. The number of nitrogens with one attached hydrogen (secondary N) is 2. The maximum atomic E-state index is 12.4. The average molecular weight is 367 g/mol. The van der Waals surface area contributed by atoms with Crippen LogP contribution in [0.25, 0.3) is 5.69 Å². The Morgan fingerprint density at radius 2 is 1.88 bits per heavy atom. The van der Waals surface area contributed by atoms with Crippen LogP contribution in [0.4, 0.5) is 5.69 Å². The molecule has 2 heterocycles. The minimum absolute atomic E-state index is 0.191. The van der Waals surface area contributed by atoms with Gasteiger partial charge in [-0.2, -0.15) is 0 Å². The van der Waals surface area contributed by atoms with Crippen molar-refractivity contribution in [1.82, 2.24) is 14.9 Å². The molecule has 4 rings (SSSR count). The van der Waals surface area contributed by atoms with E-state index < -0.39 is 17.7 Å². The number of aromatic nitrogens is 2. The maximum Gasteiger partial charge on any atom is 0.258 e. The number of carbonyl (C=O) groups is 3. The van der Waals surface area contributed by atoms with Crippen LogP contribution in [0, 0.1) is 0 Å². The first kappa shape index (κ1) is 16.0. The highest BCUT2D eigenvalue weighted by Crippen LogP contribution is 2.25. The SMILES string of the molecule is O=C(Nc1ccc(-n2ccnc2)c(Cl)c1)c1ccc2c(c1)C(=O)NC2=O. The molecule has 1 aromatic heterocycles. The molecule has 3 aromatic rings. The lowest BCUT2D eigenvalue weighted by Crippen LogP contribution is -2.19. The number of imide groups is 1. The topological polar surface area (TPSA) is 93.1 Å². The Morgan fingerprint density at radius 1 is 1.08 bits per heavy atom. The highest BCUT2D eigenvalue weighted by atomic mass is 35.5. The van der Waals surface area contributed by atoms with Gasteiger partial charge in [0.05, 0.1) is 28.2 Å². The third-order valence-electron chi connectivity index (χ3n) is 3.99. The van der Waals surface area contributed by atoms with Gasteiger partial charge in [0.2, 0.25) is 0 Å². The van der Waals surface area contributed by atoms with Crippen LogP contribution in [0.1, 0.15) is 31.1 Å². The van der Waals surface area contributed by atoms with Crippen LogP contribution in [-0.4, -0.2) is 27.3 Å². The van der Waals surface area contributed by atoms with Gasteiger partial charge < -0.3 is 9.88 Å². The Hall–Kier alpha value is -3.45. The summed E-state index contributed by atoms with van der Waals surface area (Å²) >= 11 is 6.27.